The van der Waals surface area contributed by atoms with E-state index in [1.165, 1.54) is 12.1 Å². The van der Waals surface area contributed by atoms with E-state index in [-0.39, 0.29) is 22.9 Å². The molecular weight excluding hydrogens is 246 g/mol. The highest BCUT2D eigenvalue weighted by Crippen LogP contribution is 2.31. The monoisotopic (exact) mass is 255 g/mol. The Balaban J connectivity index is 2.17. The Hall–Kier alpha value is -2.89. The molecule has 94 valence electrons. The SMILES string of the molecule is O=C(c1ccccc1)n1nnc2c(O)c(O)ccc21. The molecule has 6 nitrogen and oxygen atoms in total. The van der Waals surface area contributed by atoms with E-state index < -0.39 is 0 Å². The number of hydrogen-bond acceptors (Lipinski definition) is 5. The number of carbonyl (C=O) groups excluding carboxylic acids is 1. The summed E-state index contributed by atoms with van der Waals surface area (Å²) in [4.78, 5) is 12.2. The first-order chi connectivity index (χ1) is 9.18. The predicted octanol–water partition coefficient (Wildman–Crippen LogP) is 1.53. The first-order valence-electron chi connectivity index (χ1n) is 5.54. The van der Waals surface area contributed by atoms with E-state index in [0.717, 1.165) is 4.68 Å². The minimum atomic E-state index is -0.385. The minimum Gasteiger partial charge on any atom is -0.504 e. The zero-order valence-electron chi connectivity index (χ0n) is 9.69. The summed E-state index contributed by atoms with van der Waals surface area (Å²) in [6.07, 6.45) is 0. The van der Waals surface area contributed by atoms with Crippen LogP contribution in [0.3, 0.4) is 0 Å². The van der Waals surface area contributed by atoms with Gasteiger partial charge in [0, 0.05) is 5.56 Å². The van der Waals surface area contributed by atoms with Gasteiger partial charge in [0.25, 0.3) is 5.91 Å². The van der Waals surface area contributed by atoms with Crippen molar-refractivity contribution >= 4 is 16.9 Å². The topological polar surface area (TPSA) is 88.2 Å². The van der Waals surface area contributed by atoms with E-state index in [9.17, 15) is 15.0 Å². The number of phenols is 2. The van der Waals surface area contributed by atoms with Crippen LogP contribution in [-0.2, 0) is 0 Å². The molecule has 0 fully saturated rings. The molecule has 0 saturated heterocycles. The molecule has 6 heteroatoms. The zero-order chi connectivity index (χ0) is 13.4. The number of rotatable bonds is 1. The lowest BCUT2D eigenvalue weighted by Crippen LogP contribution is -2.13. The van der Waals surface area contributed by atoms with Crippen molar-refractivity contribution in [3.05, 3.63) is 48.0 Å². The van der Waals surface area contributed by atoms with Gasteiger partial charge >= 0.3 is 0 Å². The van der Waals surface area contributed by atoms with Crippen LogP contribution in [0, 0.1) is 0 Å². The van der Waals surface area contributed by atoms with Crippen molar-refractivity contribution in [3.63, 3.8) is 0 Å². The number of benzene rings is 2. The Morgan fingerprint density at radius 3 is 2.53 bits per heavy atom. The standard InChI is InChI=1S/C13H9N3O3/c17-10-7-6-9-11(12(10)18)14-15-16(9)13(19)8-4-2-1-3-5-8/h1-7,17-18H. The highest BCUT2D eigenvalue weighted by molar-refractivity contribution is 6.01. The van der Waals surface area contributed by atoms with Crippen LogP contribution >= 0.6 is 0 Å². The maximum Gasteiger partial charge on any atom is 0.280 e. The van der Waals surface area contributed by atoms with E-state index in [1.54, 1.807) is 30.3 Å². The summed E-state index contributed by atoms with van der Waals surface area (Å²) in [5.41, 5.74) is 0.885. The summed E-state index contributed by atoms with van der Waals surface area (Å²) >= 11 is 0. The molecule has 0 spiro atoms. The first kappa shape index (κ1) is 11.2. The quantitative estimate of drug-likeness (QED) is 0.644. The number of phenolic OH excluding ortho intramolecular Hbond substituents is 2. The fourth-order valence-electron chi connectivity index (χ4n) is 1.82. The van der Waals surface area contributed by atoms with Gasteiger partial charge < -0.3 is 10.2 Å². The van der Waals surface area contributed by atoms with Gasteiger partial charge in [-0.3, -0.25) is 4.79 Å². The Bertz CT molecular complexity index is 765. The number of fused-ring (bicyclic) bond motifs is 1. The molecule has 3 aromatic rings. The molecule has 0 aliphatic heterocycles. The molecule has 0 bridgehead atoms. The highest BCUT2D eigenvalue weighted by atomic mass is 16.3. The molecule has 1 aromatic heterocycles. The van der Waals surface area contributed by atoms with Crippen LogP contribution in [0.15, 0.2) is 42.5 Å². The van der Waals surface area contributed by atoms with Crippen molar-refractivity contribution in [3.8, 4) is 11.5 Å². The lowest BCUT2D eigenvalue weighted by Gasteiger charge is -2.01. The van der Waals surface area contributed by atoms with Crippen molar-refractivity contribution in [2.24, 2.45) is 0 Å². The molecule has 3 rings (SSSR count). The lowest BCUT2D eigenvalue weighted by molar-refractivity contribution is 0.0948. The van der Waals surface area contributed by atoms with Crippen LogP contribution < -0.4 is 0 Å². The maximum atomic E-state index is 12.2. The number of nitrogens with zero attached hydrogens (tertiary/aromatic N) is 3. The smallest absolute Gasteiger partial charge is 0.280 e. The van der Waals surface area contributed by atoms with E-state index in [0.29, 0.717) is 11.1 Å². The van der Waals surface area contributed by atoms with Crippen LogP contribution in [0.1, 0.15) is 10.4 Å². The Kier molecular flexibility index (Phi) is 2.42. The average molecular weight is 255 g/mol. The van der Waals surface area contributed by atoms with Crippen LogP contribution in [0.4, 0.5) is 0 Å². The zero-order valence-corrected chi connectivity index (χ0v) is 9.69. The summed E-state index contributed by atoms with van der Waals surface area (Å²) in [5, 5.41) is 26.4. The Morgan fingerprint density at radius 1 is 1.05 bits per heavy atom. The summed E-state index contributed by atoms with van der Waals surface area (Å²) in [5.74, 6) is -1.04. The molecule has 0 aliphatic carbocycles. The third kappa shape index (κ3) is 1.70. The molecular formula is C13H9N3O3. The Morgan fingerprint density at radius 2 is 1.79 bits per heavy atom. The van der Waals surface area contributed by atoms with Crippen LogP contribution in [0.5, 0.6) is 11.5 Å². The Labute approximate surface area is 107 Å². The van der Waals surface area contributed by atoms with E-state index in [4.69, 9.17) is 0 Å². The van der Waals surface area contributed by atoms with Gasteiger partial charge in [-0.1, -0.05) is 23.4 Å². The van der Waals surface area contributed by atoms with Crippen molar-refractivity contribution < 1.29 is 15.0 Å². The molecule has 0 amide bonds. The highest BCUT2D eigenvalue weighted by Gasteiger charge is 2.17. The molecule has 2 aromatic carbocycles. The molecule has 0 aliphatic rings. The van der Waals surface area contributed by atoms with Crippen LogP contribution in [-0.4, -0.2) is 31.1 Å². The van der Waals surface area contributed by atoms with Gasteiger partial charge in [-0.05, 0) is 24.3 Å². The van der Waals surface area contributed by atoms with Gasteiger partial charge in [0.2, 0.25) is 0 Å². The third-order valence-electron chi connectivity index (χ3n) is 2.78. The van der Waals surface area contributed by atoms with Crippen molar-refractivity contribution in [2.75, 3.05) is 0 Å². The summed E-state index contributed by atoms with van der Waals surface area (Å²) in [7, 11) is 0. The van der Waals surface area contributed by atoms with Gasteiger partial charge in [0.1, 0.15) is 5.52 Å². The second-order valence-corrected chi connectivity index (χ2v) is 3.97. The number of aromatic nitrogens is 3. The normalized spacial score (nSPS) is 10.7. The minimum absolute atomic E-state index is 0.0873. The molecule has 1 heterocycles. The summed E-state index contributed by atoms with van der Waals surface area (Å²) in [6, 6.07) is 11.4. The van der Waals surface area contributed by atoms with Crippen LogP contribution in [0.25, 0.3) is 11.0 Å². The molecule has 0 radical (unpaired) electrons. The van der Waals surface area contributed by atoms with E-state index in [1.807, 2.05) is 0 Å². The molecule has 2 N–H and O–H groups in total. The van der Waals surface area contributed by atoms with Gasteiger partial charge in [0.05, 0.1) is 0 Å². The van der Waals surface area contributed by atoms with Crippen molar-refractivity contribution in [1.29, 1.82) is 0 Å². The molecule has 0 saturated carbocycles. The molecule has 19 heavy (non-hydrogen) atoms. The summed E-state index contributed by atoms with van der Waals surface area (Å²) < 4.78 is 1.09. The second-order valence-electron chi connectivity index (χ2n) is 3.97. The molecule has 0 atom stereocenters. The van der Waals surface area contributed by atoms with Crippen molar-refractivity contribution in [2.45, 2.75) is 0 Å². The number of carbonyl (C=O) groups is 1. The van der Waals surface area contributed by atoms with Gasteiger partial charge in [-0.2, -0.15) is 4.68 Å². The van der Waals surface area contributed by atoms with Gasteiger partial charge in [0.15, 0.2) is 17.0 Å². The first-order valence-corrected chi connectivity index (χ1v) is 5.54. The van der Waals surface area contributed by atoms with Gasteiger partial charge in [-0.25, -0.2) is 0 Å². The van der Waals surface area contributed by atoms with Crippen LogP contribution in [0.2, 0.25) is 0 Å². The largest absolute Gasteiger partial charge is 0.504 e. The van der Waals surface area contributed by atoms with E-state index in [2.05, 4.69) is 10.3 Å². The number of hydrogen-bond donors (Lipinski definition) is 2. The van der Waals surface area contributed by atoms with Crippen molar-refractivity contribution in [1.82, 2.24) is 15.0 Å². The average Bonchev–Trinajstić information content (AvgIpc) is 2.87. The molecule has 0 unspecified atom stereocenters. The fraction of sp³-hybridized carbons (Fsp3) is 0. The third-order valence-corrected chi connectivity index (χ3v) is 2.78. The predicted molar refractivity (Wildman–Crippen MR) is 67.0 cm³/mol. The van der Waals surface area contributed by atoms with E-state index >= 15 is 0 Å². The maximum absolute atomic E-state index is 12.2. The lowest BCUT2D eigenvalue weighted by atomic mass is 10.2. The van der Waals surface area contributed by atoms with Gasteiger partial charge in [-0.15, -0.1) is 5.10 Å². The second kappa shape index (κ2) is 4.09. The summed E-state index contributed by atoms with van der Waals surface area (Å²) in [6.45, 7) is 0. The number of aromatic hydroxyl groups is 2. The fourth-order valence-corrected chi connectivity index (χ4v) is 1.82.